The van der Waals surface area contributed by atoms with Crippen LogP contribution in [0.5, 0.6) is 0 Å². The maximum absolute atomic E-state index is 12.4. The van der Waals surface area contributed by atoms with Crippen LogP contribution in [0, 0.1) is 6.92 Å². The minimum atomic E-state index is -0.486. The van der Waals surface area contributed by atoms with Crippen LogP contribution in [0.3, 0.4) is 0 Å². The van der Waals surface area contributed by atoms with E-state index in [9.17, 15) is 4.79 Å². The molecule has 4 heterocycles. The summed E-state index contributed by atoms with van der Waals surface area (Å²) in [6.07, 6.45) is 5.29. The predicted molar refractivity (Wildman–Crippen MR) is 132 cm³/mol. The highest BCUT2D eigenvalue weighted by Gasteiger charge is 2.25. The summed E-state index contributed by atoms with van der Waals surface area (Å²) in [6.45, 7) is 9.61. The van der Waals surface area contributed by atoms with Crippen molar-refractivity contribution in [1.29, 1.82) is 0 Å². The molecule has 9 heteroatoms. The van der Waals surface area contributed by atoms with Crippen LogP contribution in [0.25, 0.3) is 11.2 Å². The molecular formula is C26H31N7O2. The SMILES string of the molecule is Cc1cc(Cc2cnn(Cc3ccc4c(c3)CCN(C(=O)OC(C)(C)C)C4)c2)c2nnn(C)c2n1. The summed E-state index contributed by atoms with van der Waals surface area (Å²) < 4.78 is 9.21. The van der Waals surface area contributed by atoms with E-state index < -0.39 is 5.60 Å². The van der Waals surface area contributed by atoms with Crippen molar-refractivity contribution in [2.75, 3.05) is 6.54 Å². The minimum Gasteiger partial charge on any atom is -0.444 e. The van der Waals surface area contributed by atoms with Crippen molar-refractivity contribution in [2.45, 2.75) is 59.2 Å². The summed E-state index contributed by atoms with van der Waals surface area (Å²) >= 11 is 0. The van der Waals surface area contributed by atoms with Gasteiger partial charge in [-0.1, -0.05) is 23.4 Å². The Morgan fingerprint density at radius 3 is 2.77 bits per heavy atom. The Hall–Kier alpha value is -3.75. The Morgan fingerprint density at radius 1 is 1.14 bits per heavy atom. The molecule has 35 heavy (non-hydrogen) atoms. The first-order valence-corrected chi connectivity index (χ1v) is 11.9. The first-order chi connectivity index (χ1) is 16.6. The van der Waals surface area contributed by atoms with E-state index >= 15 is 0 Å². The van der Waals surface area contributed by atoms with Gasteiger partial charge >= 0.3 is 6.09 Å². The number of carbonyl (C=O) groups is 1. The predicted octanol–water partition coefficient (Wildman–Crippen LogP) is 3.80. The summed E-state index contributed by atoms with van der Waals surface area (Å²) in [5.74, 6) is 0. The van der Waals surface area contributed by atoms with Crippen molar-refractivity contribution >= 4 is 17.3 Å². The van der Waals surface area contributed by atoms with Gasteiger partial charge in [0.1, 0.15) is 11.1 Å². The summed E-state index contributed by atoms with van der Waals surface area (Å²) in [5, 5.41) is 13.0. The van der Waals surface area contributed by atoms with Gasteiger partial charge < -0.3 is 9.64 Å². The Kier molecular flexibility index (Phi) is 5.78. The maximum atomic E-state index is 12.4. The van der Waals surface area contributed by atoms with Gasteiger partial charge in [0, 0.05) is 38.4 Å². The van der Waals surface area contributed by atoms with Crippen LogP contribution in [0.2, 0.25) is 0 Å². The summed E-state index contributed by atoms with van der Waals surface area (Å²) in [6, 6.07) is 8.54. The van der Waals surface area contributed by atoms with Gasteiger partial charge in [0.15, 0.2) is 5.65 Å². The second-order valence-electron chi connectivity index (χ2n) is 10.3. The molecular weight excluding hydrogens is 442 g/mol. The number of aryl methyl sites for hydroxylation is 2. The lowest BCUT2D eigenvalue weighted by molar-refractivity contribution is 0.0224. The van der Waals surface area contributed by atoms with E-state index in [1.165, 1.54) is 16.7 Å². The molecule has 0 radical (unpaired) electrons. The molecule has 0 bridgehead atoms. The van der Waals surface area contributed by atoms with Crippen LogP contribution in [0.15, 0.2) is 36.7 Å². The molecule has 0 fully saturated rings. The Bertz CT molecular complexity index is 1400. The zero-order chi connectivity index (χ0) is 24.7. The largest absolute Gasteiger partial charge is 0.444 e. The van der Waals surface area contributed by atoms with Crippen LogP contribution < -0.4 is 0 Å². The lowest BCUT2D eigenvalue weighted by atomic mass is 9.97. The lowest BCUT2D eigenvalue weighted by Crippen LogP contribution is -2.39. The molecule has 1 amide bonds. The quantitative estimate of drug-likeness (QED) is 0.448. The Labute approximate surface area is 204 Å². The molecule has 1 aromatic carbocycles. The van der Waals surface area contributed by atoms with Gasteiger partial charge in [-0.15, -0.1) is 5.10 Å². The molecule has 0 N–H and O–H groups in total. The number of amides is 1. The number of fused-ring (bicyclic) bond motifs is 2. The van der Waals surface area contributed by atoms with Crippen molar-refractivity contribution in [2.24, 2.45) is 7.05 Å². The van der Waals surface area contributed by atoms with E-state index in [1.807, 2.05) is 45.6 Å². The Morgan fingerprint density at radius 2 is 1.97 bits per heavy atom. The standard InChI is InChI=1S/C26H31N7O2/c1-17-10-22(23-24(28-17)31(5)30-29-23)12-19-13-27-33(15-19)14-18-6-7-21-16-32(9-8-20(21)11-18)25(34)35-26(2,3)4/h6-7,10-11,13,15H,8-9,12,14,16H2,1-5H3. The molecule has 0 saturated carbocycles. The summed E-state index contributed by atoms with van der Waals surface area (Å²) in [5.41, 5.74) is 7.97. The molecule has 5 rings (SSSR count). The zero-order valence-corrected chi connectivity index (χ0v) is 20.9. The summed E-state index contributed by atoms with van der Waals surface area (Å²) in [4.78, 5) is 18.8. The van der Waals surface area contributed by atoms with Crippen LogP contribution in [0.4, 0.5) is 4.79 Å². The van der Waals surface area contributed by atoms with Crippen molar-refractivity contribution < 1.29 is 9.53 Å². The van der Waals surface area contributed by atoms with Gasteiger partial charge in [0.05, 0.1) is 12.7 Å². The average Bonchev–Trinajstić information content (AvgIpc) is 3.38. The van der Waals surface area contributed by atoms with E-state index in [0.717, 1.165) is 40.8 Å². The number of ether oxygens (including phenoxy) is 1. The van der Waals surface area contributed by atoms with E-state index in [2.05, 4.69) is 50.9 Å². The fourth-order valence-corrected chi connectivity index (χ4v) is 4.52. The number of pyridine rings is 1. The van der Waals surface area contributed by atoms with Crippen LogP contribution >= 0.6 is 0 Å². The number of hydrogen-bond acceptors (Lipinski definition) is 6. The molecule has 1 aliphatic heterocycles. The molecule has 4 aromatic rings. The van der Waals surface area contributed by atoms with Gasteiger partial charge in [-0.2, -0.15) is 5.10 Å². The highest BCUT2D eigenvalue weighted by atomic mass is 16.6. The number of aromatic nitrogens is 6. The van der Waals surface area contributed by atoms with Crippen molar-refractivity contribution in [3.63, 3.8) is 0 Å². The fraction of sp³-hybridized carbons (Fsp3) is 0.423. The van der Waals surface area contributed by atoms with E-state index in [1.54, 1.807) is 9.58 Å². The first kappa shape index (κ1) is 23.0. The second kappa shape index (κ2) is 8.79. The van der Waals surface area contributed by atoms with Crippen molar-refractivity contribution in [3.05, 3.63) is 70.2 Å². The van der Waals surface area contributed by atoms with Gasteiger partial charge in [-0.3, -0.25) is 4.68 Å². The number of hydrogen-bond donors (Lipinski definition) is 0. The summed E-state index contributed by atoms with van der Waals surface area (Å²) in [7, 11) is 1.86. The monoisotopic (exact) mass is 473 g/mol. The van der Waals surface area contributed by atoms with E-state index in [4.69, 9.17) is 4.74 Å². The molecule has 0 unspecified atom stereocenters. The molecule has 0 aliphatic carbocycles. The molecule has 182 valence electrons. The molecule has 3 aromatic heterocycles. The topological polar surface area (TPSA) is 91.0 Å². The smallest absolute Gasteiger partial charge is 0.410 e. The normalized spacial score (nSPS) is 13.8. The van der Waals surface area contributed by atoms with Crippen LogP contribution in [0.1, 0.15) is 54.3 Å². The van der Waals surface area contributed by atoms with Gasteiger partial charge in [0.2, 0.25) is 0 Å². The highest BCUT2D eigenvalue weighted by molar-refractivity contribution is 5.74. The second-order valence-corrected chi connectivity index (χ2v) is 10.3. The molecule has 0 saturated heterocycles. The van der Waals surface area contributed by atoms with Gasteiger partial charge in [-0.25, -0.2) is 14.5 Å². The number of benzene rings is 1. The number of rotatable bonds is 4. The number of nitrogens with zero attached hydrogens (tertiary/aromatic N) is 7. The van der Waals surface area contributed by atoms with Crippen molar-refractivity contribution in [1.82, 2.24) is 34.7 Å². The molecule has 9 nitrogen and oxygen atoms in total. The third kappa shape index (κ3) is 5.03. The van der Waals surface area contributed by atoms with Gasteiger partial charge in [0.25, 0.3) is 0 Å². The highest BCUT2D eigenvalue weighted by Crippen LogP contribution is 2.23. The van der Waals surface area contributed by atoms with E-state index in [0.29, 0.717) is 19.6 Å². The minimum absolute atomic E-state index is 0.251. The third-order valence-electron chi connectivity index (χ3n) is 6.13. The maximum Gasteiger partial charge on any atom is 0.410 e. The lowest BCUT2D eigenvalue weighted by Gasteiger charge is -2.31. The third-order valence-corrected chi connectivity index (χ3v) is 6.13. The molecule has 1 aliphatic rings. The van der Waals surface area contributed by atoms with E-state index in [-0.39, 0.29) is 6.09 Å². The van der Waals surface area contributed by atoms with Crippen LogP contribution in [-0.4, -0.2) is 52.9 Å². The fourth-order valence-electron chi connectivity index (χ4n) is 4.52. The average molecular weight is 474 g/mol. The van der Waals surface area contributed by atoms with Gasteiger partial charge in [-0.05, 0) is 68.0 Å². The first-order valence-electron chi connectivity index (χ1n) is 11.9. The Balaban J connectivity index is 1.27. The van der Waals surface area contributed by atoms with Crippen molar-refractivity contribution in [3.8, 4) is 0 Å². The molecule has 0 spiro atoms. The number of carbonyl (C=O) groups excluding carboxylic acids is 1. The zero-order valence-electron chi connectivity index (χ0n) is 20.9. The van der Waals surface area contributed by atoms with Crippen LogP contribution in [-0.2, 0) is 37.7 Å². The molecule has 0 atom stereocenters.